The normalized spacial score (nSPS) is 15.8. The van der Waals surface area contributed by atoms with E-state index in [0.717, 1.165) is 17.9 Å². The third-order valence-corrected chi connectivity index (χ3v) is 2.32. The predicted molar refractivity (Wildman–Crippen MR) is 52.0 cm³/mol. The summed E-state index contributed by atoms with van der Waals surface area (Å²) in [4.78, 5) is 4.31. The lowest BCUT2D eigenvalue weighted by atomic mass is 10.2. The summed E-state index contributed by atoms with van der Waals surface area (Å²) < 4.78 is 5.82. The molecule has 2 nitrogen and oxygen atoms in total. The van der Waals surface area contributed by atoms with E-state index in [1.54, 1.807) is 0 Å². The van der Waals surface area contributed by atoms with E-state index in [-0.39, 0.29) is 0 Å². The van der Waals surface area contributed by atoms with Crippen LogP contribution in [0.3, 0.4) is 0 Å². The number of hydrogen-bond acceptors (Lipinski definition) is 2. The Labute approximate surface area is 78.9 Å². The van der Waals surface area contributed by atoms with Crippen LogP contribution in [0, 0.1) is 6.92 Å². The molecule has 1 saturated carbocycles. The summed E-state index contributed by atoms with van der Waals surface area (Å²) in [7, 11) is 0. The minimum absolute atomic E-state index is 0.466. The van der Waals surface area contributed by atoms with Gasteiger partial charge in [-0.25, -0.2) is 0 Å². The second-order valence-corrected chi connectivity index (χ2v) is 3.57. The molecule has 0 aliphatic heterocycles. The van der Waals surface area contributed by atoms with E-state index < -0.39 is 0 Å². The summed E-state index contributed by atoms with van der Waals surface area (Å²) in [5.74, 6) is 1.02. The van der Waals surface area contributed by atoms with Gasteiger partial charge in [0.1, 0.15) is 5.75 Å². The molecule has 1 aliphatic rings. The number of nitrogens with zero attached hydrogens (tertiary/aromatic N) is 1. The molecule has 1 aromatic rings. The fourth-order valence-electron chi connectivity index (χ4n) is 1.37. The van der Waals surface area contributed by atoms with Crippen LogP contribution in [0.4, 0.5) is 0 Å². The Morgan fingerprint density at radius 3 is 2.92 bits per heavy atom. The molecule has 0 unspecified atom stereocenters. The van der Waals surface area contributed by atoms with Gasteiger partial charge in [0.15, 0.2) is 0 Å². The van der Waals surface area contributed by atoms with Crippen LogP contribution in [0.5, 0.6) is 5.75 Å². The van der Waals surface area contributed by atoms with Crippen molar-refractivity contribution in [1.82, 2.24) is 4.98 Å². The molecular formula is C11H15NO. The molecule has 2 heteroatoms. The summed E-state index contributed by atoms with van der Waals surface area (Å²) in [5, 5.41) is 0. The first kappa shape index (κ1) is 8.54. The molecule has 0 radical (unpaired) electrons. The van der Waals surface area contributed by atoms with Crippen LogP contribution in [0.25, 0.3) is 0 Å². The van der Waals surface area contributed by atoms with Gasteiger partial charge >= 0.3 is 0 Å². The van der Waals surface area contributed by atoms with Gasteiger partial charge in [-0.3, -0.25) is 4.98 Å². The Bertz CT molecular complexity index is 305. The van der Waals surface area contributed by atoms with Crippen LogP contribution in [-0.4, -0.2) is 11.1 Å². The fourth-order valence-corrected chi connectivity index (χ4v) is 1.37. The van der Waals surface area contributed by atoms with Gasteiger partial charge in [0, 0.05) is 6.20 Å². The summed E-state index contributed by atoms with van der Waals surface area (Å²) in [6.07, 6.45) is 5.68. The second-order valence-electron chi connectivity index (χ2n) is 3.57. The van der Waals surface area contributed by atoms with Crippen molar-refractivity contribution < 1.29 is 4.74 Å². The van der Waals surface area contributed by atoms with E-state index in [0.29, 0.717) is 6.10 Å². The maximum Gasteiger partial charge on any atom is 0.144 e. The van der Waals surface area contributed by atoms with Crippen molar-refractivity contribution >= 4 is 0 Å². The summed E-state index contributed by atoms with van der Waals surface area (Å²) in [6, 6.07) is 2.01. The number of rotatable bonds is 3. The molecule has 1 fully saturated rings. The largest absolute Gasteiger partial charge is 0.488 e. The van der Waals surface area contributed by atoms with Crippen molar-refractivity contribution in [3.63, 3.8) is 0 Å². The van der Waals surface area contributed by atoms with Gasteiger partial charge < -0.3 is 4.74 Å². The number of aromatic nitrogens is 1. The SMILES string of the molecule is CCc1nccc(C)c1OC1CC1. The first-order valence-electron chi connectivity index (χ1n) is 4.92. The third-order valence-electron chi connectivity index (χ3n) is 2.32. The van der Waals surface area contributed by atoms with Crippen LogP contribution < -0.4 is 4.74 Å². The Morgan fingerprint density at radius 2 is 2.31 bits per heavy atom. The first-order chi connectivity index (χ1) is 6.31. The molecule has 0 aromatic carbocycles. The van der Waals surface area contributed by atoms with Crippen LogP contribution in [0.15, 0.2) is 12.3 Å². The molecule has 0 amide bonds. The first-order valence-corrected chi connectivity index (χ1v) is 4.92. The Kier molecular flexibility index (Phi) is 2.21. The Balaban J connectivity index is 2.27. The van der Waals surface area contributed by atoms with Crippen LogP contribution in [-0.2, 0) is 6.42 Å². The minimum Gasteiger partial charge on any atom is -0.488 e. The Morgan fingerprint density at radius 1 is 1.54 bits per heavy atom. The van der Waals surface area contributed by atoms with Gasteiger partial charge in [0.25, 0.3) is 0 Å². The van der Waals surface area contributed by atoms with Gasteiger partial charge in [-0.2, -0.15) is 0 Å². The van der Waals surface area contributed by atoms with Crippen molar-refractivity contribution in [3.8, 4) is 5.75 Å². The third kappa shape index (κ3) is 1.82. The topological polar surface area (TPSA) is 22.1 Å². The molecule has 0 saturated heterocycles. The minimum atomic E-state index is 0.466. The highest BCUT2D eigenvalue weighted by Crippen LogP contribution is 2.30. The van der Waals surface area contributed by atoms with E-state index in [9.17, 15) is 0 Å². The van der Waals surface area contributed by atoms with E-state index in [4.69, 9.17) is 4.74 Å². The van der Waals surface area contributed by atoms with Gasteiger partial charge in [0.2, 0.25) is 0 Å². The monoisotopic (exact) mass is 177 g/mol. The van der Waals surface area contributed by atoms with E-state index in [1.807, 2.05) is 12.3 Å². The van der Waals surface area contributed by atoms with Crippen LogP contribution in [0.2, 0.25) is 0 Å². The zero-order valence-corrected chi connectivity index (χ0v) is 8.21. The van der Waals surface area contributed by atoms with Gasteiger partial charge in [0.05, 0.1) is 11.8 Å². The highest BCUT2D eigenvalue weighted by Gasteiger charge is 2.25. The lowest BCUT2D eigenvalue weighted by molar-refractivity contribution is 0.296. The highest BCUT2D eigenvalue weighted by atomic mass is 16.5. The molecule has 1 aromatic heterocycles. The van der Waals surface area contributed by atoms with Gasteiger partial charge in [-0.05, 0) is 37.8 Å². The van der Waals surface area contributed by atoms with Crippen molar-refractivity contribution in [2.45, 2.75) is 39.2 Å². The zero-order valence-electron chi connectivity index (χ0n) is 8.21. The van der Waals surface area contributed by atoms with Crippen molar-refractivity contribution in [2.75, 3.05) is 0 Å². The molecule has 0 N–H and O–H groups in total. The summed E-state index contributed by atoms with van der Waals surface area (Å²) in [5.41, 5.74) is 2.30. The quantitative estimate of drug-likeness (QED) is 0.707. The molecule has 0 spiro atoms. The second kappa shape index (κ2) is 3.36. The van der Waals surface area contributed by atoms with E-state index in [1.165, 1.54) is 18.4 Å². The average molecular weight is 177 g/mol. The molecule has 0 bridgehead atoms. The number of hydrogen-bond donors (Lipinski definition) is 0. The molecule has 13 heavy (non-hydrogen) atoms. The molecule has 0 atom stereocenters. The number of pyridine rings is 1. The van der Waals surface area contributed by atoms with E-state index in [2.05, 4.69) is 18.8 Å². The smallest absolute Gasteiger partial charge is 0.144 e. The molecule has 2 rings (SSSR count). The van der Waals surface area contributed by atoms with Crippen molar-refractivity contribution in [1.29, 1.82) is 0 Å². The standard InChI is InChI=1S/C11H15NO/c1-3-10-11(13-9-4-5-9)8(2)6-7-12-10/h6-7,9H,3-5H2,1-2H3. The van der Waals surface area contributed by atoms with Crippen molar-refractivity contribution in [2.24, 2.45) is 0 Å². The molecule has 1 aliphatic carbocycles. The lowest BCUT2D eigenvalue weighted by Gasteiger charge is -2.10. The maximum atomic E-state index is 5.82. The molecule has 1 heterocycles. The molecular weight excluding hydrogens is 162 g/mol. The lowest BCUT2D eigenvalue weighted by Crippen LogP contribution is -2.02. The Hall–Kier alpha value is -1.05. The van der Waals surface area contributed by atoms with Gasteiger partial charge in [-0.15, -0.1) is 0 Å². The fraction of sp³-hybridized carbons (Fsp3) is 0.545. The van der Waals surface area contributed by atoms with Crippen molar-refractivity contribution in [3.05, 3.63) is 23.5 Å². The summed E-state index contributed by atoms with van der Waals surface area (Å²) >= 11 is 0. The highest BCUT2D eigenvalue weighted by molar-refractivity contribution is 5.36. The van der Waals surface area contributed by atoms with Gasteiger partial charge in [-0.1, -0.05) is 6.92 Å². The predicted octanol–water partition coefficient (Wildman–Crippen LogP) is 2.49. The number of aryl methyl sites for hydroxylation is 2. The van der Waals surface area contributed by atoms with E-state index >= 15 is 0 Å². The molecule has 70 valence electrons. The average Bonchev–Trinajstić information content (AvgIpc) is 2.92. The van der Waals surface area contributed by atoms with Crippen LogP contribution in [0.1, 0.15) is 31.0 Å². The number of ether oxygens (including phenoxy) is 1. The summed E-state index contributed by atoms with van der Waals surface area (Å²) in [6.45, 7) is 4.19. The maximum absolute atomic E-state index is 5.82. The van der Waals surface area contributed by atoms with Crippen LogP contribution >= 0.6 is 0 Å². The zero-order chi connectivity index (χ0) is 9.26.